The Hall–Kier alpha value is -2.87. The number of ketones is 1. The fraction of sp³-hybridized carbons (Fsp3) is 0.345. The van der Waals surface area contributed by atoms with Gasteiger partial charge in [0.25, 0.3) is 0 Å². The molecule has 0 amide bonds. The Labute approximate surface area is 185 Å². The second kappa shape index (κ2) is 7.67. The first-order valence-electron chi connectivity index (χ1n) is 11.4. The summed E-state index contributed by atoms with van der Waals surface area (Å²) < 4.78 is 0. The molecule has 158 valence electrons. The van der Waals surface area contributed by atoms with Crippen molar-refractivity contribution in [2.24, 2.45) is 10.8 Å². The van der Waals surface area contributed by atoms with Gasteiger partial charge in [-0.3, -0.25) is 4.79 Å². The number of benzene rings is 3. The van der Waals surface area contributed by atoms with Gasteiger partial charge in [0.05, 0.1) is 0 Å². The van der Waals surface area contributed by atoms with Crippen LogP contribution in [0.25, 0.3) is 0 Å². The fourth-order valence-corrected chi connectivity index (χ4v) is 6.46. The van der Waals surface area contributed by atoms with Gasteiger partial charge in [0.1, 0.15) is 11.5 Å². The number of aromatic hydroxyl groups is 1. The molecule has 0 aromatic heterocycles. The Morgan fingerprint density at radius 2 is 1.42 bits per heavy atom. The van der Waals surface area contributed by atoms with E-state index in [-0.39, 0.29) is 11.3 Å². The molecule has 0 heterocycles. The quantitative estimate of drug-likeness (QED) is 0.551. The smallest absolute Gasteiger partial charge is 0.140 e. The van der Waals surface area contributed by atoms with Gasteiger partial charge in [0, 0.05) is 17.8 Å². The van der Waals surface area contributed by atoms with Gasteiger partial charge in [-0.1, -0.05) is 73.7 Å². The molecule has 0 radical (unpaired) electrons. The number of carbonyl (C=O) groups is 1. The van der Waals surface area contributed by atoms with Crippen molar-refractivity contribution >= 4 is 5.78 Å². The first-order valence-corrected chi connectivity index (χ1v) is 11.4. The molecule has 2 nitrogen and oxygen atoms in total. The van der Waals surface area contributed by atoms with Gasteiger partial charge in [-0.25, -0.2) is 0 Å². The van der Waals surface area contributed by atoms with Crippen LogP contribution in [0.1, 0.15) is 54.4 Å². The predicted molar refractivity (Wildman–Crippen MR) is 124 cm³/mol. The number of phenols is 1. The zero-order chi connectivity index (χ0) is 21.5. The Morgan fingerprint density at radius 1 is 0.839 bits per heavy atom. The number of carbonyl (C=O) groups excluding carboxylic acids is 1. The summed E-state index contributed by atoms with van der Waals surface area (Å²) in [6, 6.07) is 26.8. The van der Waals surface area contributed by atoms with Crippen LogP contribution in [0, 0.1) is 10.8 Å². The van der Waals surface area contributed by atoms with Crippen molar-refractivity contribution in [3.8, 4) is 5.75 Å². The predicted octanol–water partition coefficient (Wildman–Crippen LogP) is 6.26. The number of phenolic OH excluding ortho intramolecular Hbond substituents is 1. The summed E-state index contributed by atoms with van der Waals surface area (Å²) in [7, 11) is 0. The summed E-state index contributed by atoms with van der Waals surface area (Å²) in [5.41, 5.74) is 4.53. The van der Waals surface area contributed by atoms with Crippen LogP contribution < -0.4 is 0 Å². The second-order valence-electron chi connectivity index (χ2n) is 9.87. The molecule has 0 spiro atoms. The molecule has 1 saturated carbocycles. The van der Waals surface area contributed by atoms with E-state index in [1.54, 1.807) is 6.07 Å². The van der Waals surface area contributed by atoms with Gasteiger partial charge in [0.15, 0.2) is 0 Å². The Kier molecular flexibility index (Phi) is 4.97. The van der Waals surface area contributed by atoms with Crippen LogP contribution in [0.15, 0.2) is 78.9 Å². The monoisotopic (exact) mass is 410 g/mol. The number of fused-ring (bicyclic) bond motifs is 3. The number of aryl methyl sites for hydroxylation is 1. The maximum Gasteiger partial charge on any atom is 0.140 e. The highest BCUT2D eigenvalue weighted by Crippen LogP contribution is 2.62. The molecule has 3 aromatic carbocycles. The van der Waals surface area contributed by atoms with Gasteiger partial charge < -0.3 is 5.11 Å². The number of Topliss-reactive ketones (excluding diaryl/α,β-unsaturated/α-hetero) is 1. The van der Waals surface area contributed by atoms with Crippen molar-refractivity contribution in [2.45, 2.75) is 51.4 Å². The molecular weight excluding hydrogens is 380 g/mol. The van der Waals surface area contributed by atoms with Gasteiger partial charge in [-0.2, -0.15) is 0 Å². The van der Waals surface area contributed by atoms with E-state index < -0.39 is 5.41 Å². The van der Waals surface area contributed by atoms with E-state index in [4.69, 9.17) is 0 Å². The van der Waals surface area contributed by atoms with E-state index >= 15 is 0 Å². The second-order valence-corrected chi connectivity index (χ2v) is 9.87. The van der Waals surface area contributed by atoms with Gasteiger partial charge in [-0.15, -0.1) is 0 Å². The summed E-state index contributed by atoms with van der Waals surface area (Å²) in [6.45, 7) is 2.39. The zero-order valence-corrected chi connectivity index (χ0v) is 18.2. The first-order chi connectivity index (χ1) is 15.0. The van der Waals surface area contributed by atoms with E-state index in [1.807, 2.05) is 18.2 Å². The molecule has 2 unspecified atom stereocenters. The SMILES string of the molecule is CC12CCC(=O)C(Cc3ccccc3)(Cc3ccccc3)C1c1ccc(O)cc1CC2. The average Bonchev–Trinajstić information content (AvgIpc) is 2.78. The molecule has 2 atom stereocenters. The molecule has 5 rings (SSSR count). The molecule has 0 saturated heterocycles. The lowest BCUT2D eigenvalue weighted by atomic mass is 9.46. The maximum absolute atomic E-state index is 13.9. The molecule has 3 aromatic rings. The van der Waals surface area contributed by atoms with Crippen molar-refractivity contribution in [1.82, 2.24) is 0 Å². The van der Waals surface area contributed by atoms with Crippen molar-refractivity contribution in [3.05, 3.63) is 101 Å². The van der Waals surface area contributed by atoms with Crippen LogP contribution in [0.2, 0.25) is 0 Å². The maximum atomic E-state index is 13.9. The van der Waals surface area contributed by atoms with Crippen molar-refractivity contribution < 1.29 is 9.90 Å². The Morgan fingerprint density at radius 3 is 2.03 bits per heavy atom. The summed E-state index contributed by atoms with van der Waals surface area (Å²) in [6.07, 6.45) is 5.14. The van der Waals surface area contributed by atoms with Crippen molar-refractivity contribution in [2.75, 3.05) is 0 Å². The van der Waals surface area contributed by atoms with Crippen LogP contribution in [-0.4, -0.2) is 10.9 Å². The normalized spacial score (nSPS) is 24.3. The standard InChI is InChI=1S/C29H30O2/c1-28-16-14-23-18-24(30)12-13-25(23)27(28)29(26(31)15-17-28,19-21-8-4-2-5-9-21)20-22-10-6-3-7-11-22/h2-13,18,27,30H,14-17,19-20H2,1H3. The lowest BCUT2D eigenvalue weighted by molar-refractivity contribution is -0.139. The largest absolute Gasteiger partial charge is 0.508 e. The third-order valence-corrected chi connectivity index (χ3v) is 7.86. The zero-order valence-electron chi connectivity index (χ0n) is 18.2. The van der Waals surface area contributed by atoms with Crippen LogP contribution in [0.3, 0.4) is 0 Å². The van der Waals surface area contributed by atoms with Crippen LogP contribution in [-0.2, 0) is 24.1 Å². The van der Waals surface area contributed by atoms with E-state index in [0.717, 1.165) is 32.1 Å². The highest BCUT2D eigenvalue weighted by Gasteiger charge is 2.57. The van der Waals surface area contributed by atoms with Crippen LogP contribution >= 0.6 is 0 Å². The lowest BCUT2D eigenvalue weighted by Gasteiger charge is -2.56. The molecule has 1 N–H and O–H groups in total. The molecule has 2 aliphatic carbocycles. The molecular formula is C29H30O2. The van der Waals surface area contributed by atoms with E-state index in [0.29, 0.717) is 18.0 Å². The summed E-state index contributed by atoms with van der Waals surface area (Å²) >= 11 is 0. The van der Waals surface area contributed by atoms with Crippen LogP contribution in [0.5, 0.6) is 5.75 Å². The number of hydrogen-bond acceptors (Lipinski definition) is 2. The number of hydrogen-bond donors (Lipinski definition) is 1. The summed E-state index contributed by atoms with van der Waals surface area (Å²) in [5.74, 6) is 0.857. The van der Waals surface area contributed by atoms with E-state index in [1.165, 1.54) is 22.3 Å². The van der Waals surface area contributed by atoms with E-state index in [2.05, 4.69) is 61.5 Å². The van der Waals surface area contributed by atoms with Crippen molar-refractivity contribution in [3.63, 3.8) is 0 Å². The molecule has 0 aliphatic heterocycles. The minimum absolute atomic E-state index is 0.0848. The molecule has 1 fully saturated rings. The van der Waals surface area contributed by atoms with Gasteiger partial charge >= 0.3 is 0 Å². The summed E-state index contributed by atoms with van der Waals surface area (Å²) in [4.78, 5) is 13.9. The Balaban J connectivity index is 1.71. The molecule has 0 bridgehead atoms. The third kappa shape index (κ3) is 3.48. The van der Waals surface area contributed by atoms with Crippen LogP contribution in [0.4, 0.5) is 0 Å². The fourth-order valence-electron chi connectivity index (χ4n) is 6.46. The Bertz CT molecular complexity index is 1040. The van der Waals surface area contributed by atoms with Gasteiger partial charge in [-0.05, 0) is 71.9 Å². The lowest BCUT2D eigenvalue weighted by Crippen LogP contribution is -2.53. The number of rotatable bonds is 4. The minimum Gasteiger partial charge on any atom is -0.508 e. The van der Waals surface area contributed by atoms with Crippen molar-refractivity contribution in [1.29, 1.82) is 0 Å². The van der Waals surface area contributed by atoms with E-state index in [9.17, 15) is 9.90 Å². The van der Waals surface area contributed by atoms with Gasteiger partial charge in [0.2, 0.25) is 0 Å². The highest BCUT2D eigenvalue weighted by atomic mass is 16.3. The molecule has 2 heteroatoms. The summed E-state index contributed by atoms with van der Waals surface area (Å²) in [5, 5.41) is 10.1. The topological polar surface area (TPSA) is 37.3 Å². The third-order valence-electron chi connectivity index (χ3n) is 7.86. The molecule has 2 aliphatic rings. The highest BCUT2D eigenvalue weighted by molar-refractivity contribution is 5.88. The first kappa shape index (κ1) is 20.1. The molecule has 31 heavy (non-hydrogen) atoms. The average molecular weight is 411 g/mol. The minimum atomic E-state index is -0.484.